The van der Waals surface area contributed by atoms with E-state index in [9.17, 15) is 9.18 Å². The van der Waals surface area contributed by atoms with Gasteiger partial charge in [-0.15, -0.1) is 0 Å². The van der Waals surface area contributed by atoms with Crippen LogP contribution in [0.4, 0.5) is 10.1 Å². The Kier molecular flexibility index (Phi) is 4.44. The number of benzene rings is 1. The zero-order valence-corrected chi connectivity index (χ0v) is 15.2. The summed E-state index contributed by atoms with van der Waals surface area (Å²) in [4.78, 5) is 28.7. The fourth-order valence-corrected chi connectivity index (χ4v) is 2.89. The maximum Gasteiger partial charge on any atom is 0.258 e. The van der Waals surface area contributed by atoms with Gasteiger partial charge in [-0.3, -0.25) is 4.79 Å². The van der Waals surface area contributed by atoms with Gasteiger partial charge in [0, 0.05) is 17.3 Å². The average Bonchev–Trinajstić information content (AvgIpc) is 3.13. The van der Waals surface area contributed by atoms with Gasteiger partial charge in [-0.2, -0.15) is 0 Å². The number of fused-ring (bicyclic) bond motifs is 1. The lowest BCUT2D eigenvalue weighted by Gasteiger charge is -2.08. The number of carbonyl (C=O) groups is 1. The summed E-state index contributed by atoms with van der Waals surface area (Å²) in [6.45, 7) is 1.84. The summed E-state index contributed by atoms with van der Waals surface area (Å²) < 4.78 is 18.3. The maximum atomic E-state index is 13.2. The first kappa shape index (κ1) is 17.6. The van der Waals surface area contributed by atoms with Crippen molar-refractivity contribution < 1.29 is 13.9 Å². The van der Waals surface area contributed by atoms with Crippen molar-refractivity contribution in [2.45, 2.75) is 6.92 Å². The Balaban J connectivity index is 1.67. The van der Waals surface area contributed by atoms with Crippen LogP contribution in [0.3, 0.4) is 0 Å². The molecule has 3 aromatic heterocycles. The fraction of sp³-hybridized carbons (Fsp3) is 0.100. The molecular formula is C20H16FN5O2. The molecule has 2 N–H and O–H groups in total. The van der Waals surface area contributed by atoms with Gasteiger partial charge in [-0.1, -0.05) is 0 Å². The number of imidazole rings is 1. The van der Waals surface area contributed by atoms with Gasteiger partial charge >= 0.3 is 0 Å². The average molecular weight is 377 g/mol. The smallest absolute Gasteiger partial charge is 0.258 e. The molecule has 0 aliphatic rings. The Morgan fingerprint density at radius 1 is 1.18 bits per heavy atom. The van der Waals surface area contributed by atoms with Gasteiger partial charge in [-0.05, 0) is 43.3 Å². The van der Waals surface area contributed by atoms with Crippen LogP contribution >= 0.6 is 0 Å². The van der Waals surface area contributed by atoms with Crippen molar-refractivity contribution in [1.82, 2.24) is 19.9 Å². The highest BCUT2D eigenvalue weighted by Gasteiger charge is 2.16. The Morgan fingerprint density at radius 2 is 1.96 bits per heavy atom. The number of amides is 1. The molecule has 4 aromatic rings. The minimum atomic E-state index is -0.332. The molecule has 0 aliphatic heterocycles. The fourth-order valence-electron chi connectivity index (χ4n) is 2.89. The molecule has 28 heavy (non-hydrogen) atoms. The van der Waals surface area contributed by atoms with Gasteiger partial charge in [0.1, 0.15) is 11.6 Å². The second-order valence-corrected chi connectivity index (χ2v) is 6.15. The van der Waals surface area contributed by atoms with Crippen molar-refractivity contribution in [2.75, 3.05) is 12.4 Å². The minimum Gasteiger partial charge on any atom is -0.481 e. The number of hydrogen-bond acceptors (Lipinski definition) is 5. The number of pyridine rings is 2. The molecule has 0 atom stereocenters. The van der Waals surface area contributed by atoms with E-state index in [4.69, 9.17) is 4.74 Å². The molecule has 0 saturated heterocycles. The summed E-state index contributed by atoms with van der Waals surface area (Å²) in [6.07, 6.45) is 3.04. The van der Waals surface area contributed by atoms with Crippen molar-refractivity contribution in [3.63, 3.8) is 0 Å². The predicted molar refractivity (Wildman–Crippen MR) is 103 cm³/mol. The van der Waals surface area contributed by atoms with Crippen LogP contribution in [0, 0.1) is 12.7 Å². The molecule has 0 spiro atoms. The molecule has 0 saturated carbocycles. The third-order valence-electron chi connectivity index (χ3n) is 4.24. The normalized spacial score (nSPS) is 10.8. The number of methoxy groups -OCH3 is 1. The summed E-state index contributed by atoms with van der Waals surface area (Å²) in [5.41, 5.74) is 3.33. The molecule has 8 heteroatoms. The molecule has 0 fully saturated rings. The Hall–Kier alpha value is -3.81. The number of ether oxygens (including phenoxy) is 1. The van der Waals surface area contributed by atoms with Gasteiger partial charge in [0.05, 0.1) is 30.1 Å². The highest BCUT2D eigenvalue weighted by Crippen LogP contribution is 2.23. The molecule has 140 valence electrons. The molecule has 0 aliphatic carbocycles. The first-order valence-corrected chi connectivity index (χ1v) is 8.48. The number of aromatic nitrogens is 4. The van der Waals surface area contributed by atoms with Crippen molar-refractivity contribution in [3.05, 3.63) is 65.7 Å². The summed E-state index contributed by atoms with van der Waals surface area (Å²) in [7, 11) is 1.54. The molecule has 0 bridgehead atoms. The maximum absolute atomic E-state index is 13.2. The number of anilines is 1. The standard InChI is InChI=1S/C20H16FN5O2/c1-11-9-14(10-23-20(11)28-2)24-19(27)15-7-8-22-18-16(15)25-17(26-18)12-3-5-13(21)6-4-12/h3-10H,1-2H3,(H,24,27)(H,22,25,26). The number of H-pyrrole nitrogens is 1. The lowest BCUT2D eigenvalue weighted by atomic mass is 10.2. The monoisotopic (exact) mass is 377 g/mol. The van der Waals surface area contributed by atoms with E-state index >= 15 is 0 Å². The summed E-state index contributed by atoms with van der Waals surface area (Å²) in [6, 6.07) is 9.30. The van der Waals surface area contributed by atoms with Crippen molar-refractivity contribution in [3.8, 4) is 17.3 Å². The highest BCUT2D eigenvalue weighted by atomic mass is 19.1. The third-order valence-corrected chi connectivity index (χ3v) is 4.24. The van der Waals surface area contributed by atoms with Crippen molar-refractivity contribution in [2.24, 2.45) is 0 Å². The molecular weight excluding hydrogens is 361 g/mol. The van der Waals surface area contributed by atoms with E-state index in [2.05, 4.69) is 25.3 Å². The molecule has 0 unspecified atom stereocenters. The van der Waals surface area contributed by atoms with E-state index < -0.39 is 0 Å². The minimum absolute atomic E-state index is 0.326. The largest absolute Gasteiger partial charge is 0.481 e. The third kappa shape index (κ3) is 3.27. The molecule has 3 heterocycles. The SMILES string of the molecule is COc1ncc(NC(=O)c2ccnc3nc(-c4ccc(F)cc4)[nH]c23)cc1C. The van der Waals surface area contributed by atoms with Crippen LogP contribution < -0.4 is 10.1 Å². The van der Waals surface area contributed by atoms with E-state index in [1.807, 2.05) is 6.92 Å². The number of aromatic amines is 1. The first-order valence-electron chi connectivity index (χ1n) is 8.48. The second kappa shape index (κ2) is 7.07. The van der Waals surface area contributed by atoms with Gasteiger partial charge in [0.15, 0.2) is 5.65 Å². The number of nitrogens with one attached hydrogen (secondary N) is 2. The van der Waals surface area contributed by atoms with Gasteiger partial charge in [0.25, 0.3) is 5.91 Å². The van der Waals surface area contributed by atoms with Crippen LogP contribution in [0.15, 0.2) is 48.8 Å². The molecule has 1 aromatic carbocycles. The Bertz CT molecular complexity index is 1170. The molecule has 4 rings (SSSR count). The zero-order chi connectivity index (χ0) is 19.7. The van der Waals surface area contributed by atoms with Crippen LogP contribution in [0.5, 0.6) is 5.88 Å². The van der Waals surface area contributed by atoms with Crippen LogP contribution in [0.25, 0.3) is 22.6 Å². The first-order chi connectivity index (χ1) is 13.5. The van der Waals surface area contributed by atoms with E-state index in [-0.39, 0.29) is 11.7 Å². The Labute approximate surface area is 159 Å². The van der Waals surface area contributed by atoms with Crippen LogP contribution in [0.1, 0.15) is 15.9 Å². The zero-order valence-electron chi connectivity index (χ0n) is 15.2. The van der Waals surface area contributed by atoms with Crippen LogP contribution in [0.2, 0.25) is 0 Å². The molecule has 7 nitrogen and oxygen atoms in total. The van der Waals surface area contributed by atoms with Gasteiger partial charge in [0.2, 0.25) is 5.88 Å². The lowest BCUT2D eigenvalue weighted by molar-refractivity contribution is 0.102. The quantitative estimate of drug-likeness (QED) is 0.565. The van der Waals surface area contributed by atoms with Gasteiger partial charge in [-0.25, -0.2) is 19.3 Å². The topological polar surface area (TPSA) is 92.8 Å². The number of aryl methyl sites for hydroxylation is 1. The number of rotatable bonds is 4. The van der Waals surface area contributed by atoms with Crippen molar-refractivity contribution in [1.29, 1.82) is 0 Å². The van der Waals surface area contributed by atoms with Crippen molar-refractivity contribution >= 4 is 22.8 Å². The highest BCUT2D eigenvalue weighted by molar-refractivity contribution is 6.11. The van der Waals surface area contributed by atoms with Crippen LogP contribution in [-0.2, 0) is 0 Å². The predicted octanol–water partition coefficient (Wildman–Crippen LogP) is 3.73. The number of halogens is 1. The molecule has 0 radical (unpaired) electrons. The van der Waals surface area contributed by atoms with E-state index in [1.165, 1.54) is 31.6 Å². The number of nitrogens with zero attached hydrogens (tertiary/aromatic N) is 3. The van der Waals surface area contributed by atoms with E-state index in [0.29, 0.717) is 39.7 Å². The van der Waals surface area contributed by atoms with Crippen LogP contribution in [-0.4, -0.2) is 33.0 Å². The number of carbonyl (C=O) groups excluding carboxylic acids is 1. The summed E-state index contributed by atoms with van der Waals surface area (Å²) in [5.74, 6) is 0.348. The van der Waals surface area contributed by atoms with E-state index in [1.54, 1.807) is 24.3 Å². The lowest BCUT2D eigenvalue weighted by Crippen LogP contribution is -2.13. The summed E-state index contributed by atoms with van der Waals surface area (Å²) >= 11 is 0. The molecule has 1 amide bonds. The second-order valence-electron chi connectivity index (χ2n) is 6.15. The summed E-state index contributed by atoms with van der Waals surface area (Å²) in [5, 5.41) is 2.82. The van der Waals surface area contributed by atoms with E-state index in [0.717, 1.165) is 5.56 Å². The Morgan fingerprint density at radius 3 is 2.68 bits per heavy atom. The number of hydrogen-bond donors (Lipinski definition) is 2. The van der Waals surface area contributed by atoms with Gasteiger partial charge < -0.3 is 15.0 Å².